The van der Waals surface area contributed by atoms with Crippen LogP contribution in [0.3, 0.4) is 0 Å². The highest BCUT2D eigenvalue weighted by atomic mass is 16.2. The van der Waals surface area contributed by atoms with Crippen LogP contribution in [0.1, 0.15) is 32.7 Å². The number of aryl methyl sites for hydroxylation is 1. The number of hydrogen-bond acceptors (Lipinski definition) is 6. The van der Waals surface area contributed by atoms with E-state index in [4.69, 9.17) is 12.8 Å². The summed E-state index contributed by atoms with van der Waals surface area (Å²) in [7, 11) is 0. The number of nitrogens with zero attached hydrogens (tertiary/aromatic N) is 6. The van der Waals surface area contributed by atoms with E-state index in [1.807, 2.05) is 42.2 Å². The molecule has 0 spiro atoms. The maximum atomic E-state index is 13.5. The Morgan fingerprint density at radius 3 is 2.39 bits per heavy atom. The van der Waals surface area contributed by atoms with Gasteiger partial charge < -0.3 is 14.7 Å². The highest BCUT2D eigenvalue weighted by Crippen LogP contribution is 2.21. The Hall–Kier alpha value is -4.33. The van der Waals surface area contributed by atoms with Gasteiger partial charge in [0, 0.05) is 70.7 Å². The fraction of sp³-hybridized carbons (Fsp3) is 0.323. The molecule has 0 aliphatic carbocycles. The molecular weight excluding hydrogens is 472 g/mol. The molecule has 0 radical (unpaired) electrons. The minimum atomic E-state index is 0.0936. The smallest absolute Gasteiger partial charge is 0.254 e. The molecule has 1 amide bonds. The van der Waals surface area contributed by atoms with Crippen LogP contribution in [-0.4, -0.2) is 78.0 Å². The molecule has 0 saturated carbocycles. The van der Waals surface area contributed by atoms with E-state index in [0.717, 1.165) is 79.7 Å². The summed E-state index contributed by atoms with van der Waals surface area (Å²) in [6.45, 7) is 9.14. The van der Waals surface area contributed by atoms with Gasteiger partial charge in [-0.2, -0.15) is 0 Å². The summed E-state index contributed by atoms with van der Waals surface area (Å²) >= 11 is 0. The minimum absolute atomic E-state index is 0.0936. The van der Waals surface area contributed by atoms with E-state index in [0.29, 0.717) is 18.8 Å². The van der Waals surface area contributed by atoms with Gasteiger partial charge in [0.1, 0.15) is 17.3 Å². The predicted octanol–water partition coefficient (Wildman–Crippen LogP) is 3.03. The second-order valence-corrected chi connectivity index (χ2v) is 9.74. The fourth-order valence-corrected chi connectivity index (χ4v) is 5.12. The Morgan fingerprint density at radius 1 is 0.895 bits per heavy atom. The van der Waals surface area contributed by atoms with Crippen LogP contribution in [-0.2, 0) is 6.54 Å². The standard InChI is InChI=1S/C31H32N6O/c1-4-26-8-7-13-32-30(26)36-16-14-34(15-17-36)23-25-12-11-24(3)28(22-25)31(38)37-20-18-35(19-21-37)29-10-6-9-27(5-2)33-29/h1-2,6-13,22H,14-21,23H2,3H3. The first-order valence-electron chi connectivity index (χ1n) is 13.0. The lowest BCUT2D eigenvalue weighted by molar-refractivity contribution is 0.0745. The number of hydrogen-bond donors (Lipinski definition) is 0. The predicted molar refractivity (Wildman–Crippen MR) is 151 cm³/mol. The highest BCUT2D eigenvalue weighted by molar-refractivity contribution is 5.96. The molecule has 2 saturated heterocycles. The Bertz CT molecular complexity index is 1390. The quantitative estimate of drug-likeness (QED) is 0.498. The number of benzene rings is 1. The van der Waals surface area contributed by atoms with Crippen molar-refractivity contribution in [1.29, 1.82) is 0 Å². The molecule has 0 atom stereocenters. The molecule has 1 aromatic carbocycles. The van der Waals surface area contributed by atoms with Gasteiger partial charge in [0.15, 0.2) is 0 Å². The van der Waals surface area contributed by atoms with Crippen molar-refractivity contribution in [2.75, 3.05) is 62.2 Å². The van der Waals surface area contributed by atoms with Gasteiger partial charge in [-0.25, -0.2) is 9.97 Å². The van der Waals surface area contributed by atoms with E-state index in [1.165, 1.54) is 0 Å². The summed E-state index contributed by atoms with van der Waals surface area (Å²) in [6, 6.07) is 15.8. The zero-order chi connectivity index (χ0) is 26.5. The van der Waals surface area contributed by atoms with Crippen LogP contribution in [0, 0.1) is 31.6 Å². The third-order valence-corrected chi connectivity index (χ3v) is 7.33. The largest absolute Gasteiger partial charge is 0.353 e. The van der Waals surface area contributed by atoms with E-state index in [2.05, 4.69) is 54.7 Å². The minimum Gasteiger partial charge on any atom is -0.353 e. The molecule has 3 aromatic rings. The Morgan fingerprint density at radius 2 is 1.66 bits per heavy atom. The molecule has 2 fully saturated rings. The van der Waals surface area contributed by atoms with Gasteiger partial charge in [-0.15, -0.1) is 12.8 Å². The summed E-state index contributed by atoms with van der Waals surface area (Å²) in [6.07, 6.45) is 13.0. The Balaban J connectivity index is 1.19. The molecule has 4 heterocycles. The van der Waals surface area contributed by atoms with Crippen LogP contribution in [0.5, 0.6) is 0 Å². The average Bonchev–Trinajstić information content (AvgIpc) is 2.98. The zero-order valence-corrected chi connectivity index (χ0v) is 21.8. The second-order valence-electron chi connectivity index (χ2n) is 9.74. The lowest BCUT2D eigenvalue weighted by atomic mass is 10.0. The molecule has 192 valence electrons. The molecule has 38 heavy (non-hydrogen) atoms. The summed E-state index contributed by atoms with van der Waals surface area (Å²) in [5.74, 6) is 7.18. The monoisotopic (exact) mass is 504 g/mol. The Labute approximate surface area is 225 Å². The van der Waals surface area contributed by atoms with Crippen LogP contribution in [0.2, 0.25) is 0 Å². The van der Waals surface area contributed by atoms with Crippen molar-refractivity contribution >= 4 is 17.5 Å². The first-order chi connectivity index (χ1) is 18.6. The number of carbonyl (C=O) groups excluding carboxylic acids is 1. The Kier molecular flexibility index (Phi) is 7.58. The summed E-state index contributed by atoms with van der Waals surface area (Å²) in [5, 5.41) is 0. The molecule has 0 N–H and O–H groups in total. The van der Waals surface area contributed by atoms with Crippen LogP contribution >= 0.6 is 0 Å². The third kappa shape index (κ3) is 5.49. The summed E-state index contributed by atoms with van der Waals surface area (Å²) in [4.78, 5) is 31.3. The SMILES string of the molecule is C#Cc1cccc(N2CCN(C(=O)c3cc(CN4CCN(c5ncccc5C#C)CC4)ccc3C)CC2)n1. The van der Waals surface area contributed by atoms with Crippen LogP contribution < -0.4 is 9.80 Å². The van der Waals surface area contributed by atoms with Gasteiger partial charge in [-0.05, 0) is 48.4 Å². The third-order valence-electron chi connectivity index (χ3n) is 7.33. The maximum absolute atomic E-state index is 13.5. The van der Waals surface area contributed by atoms with Crippen molar-refractivity contribution in [2.45, 2.75) is 13.5 Å². The number of rotatable bonds is 5. The number of amides is 1. The number of aromatic nitrogens is 2. The molecule has 0 bridgehead atoms. The zero-order valence-electron chi connectivity index (χ0n) is 21.8. The van der Waals surface area contributed by atoms with Gasteiger partial charge in [0.2, 0.25) is 0 Å². The van der Waals surface area contributed by atoms with Crippen LogP contribution in [0.4, 0.5) is 11.6 Å². The number of piperazine rings is 2. The maximum Gasteiger partial charge on any atom is 0.254 e. The molecule has 7 nitrogen and oxygen atoms in total. The van der Waals surface area contributed by atoms with Gasteiger partial charge in [-0.3, -0.25) is 9.69 Å². The van der Waals surface area contributed by atoms with Crippen molar-refractivity contribution in [1.82, 2.24) is 19.8 Å². The van der Waals surface area contributed by atoms with Gasteiger partial charge in [-0.1, -0.05) is 30.0 Å². The normalized spacial score (nSPS) is 16.1. The number of carbonyl (C=O) groups is 1. The van der Waals surface area contributed by atoms with Crippen molar-refractivity contribution < 1.29 is 4.79 Å². The molecule has 7 heteroatoms. The van der Waals surface area contributed by atoms with E-state index >= 15 is 0 Å². The van der Waals surface area contributed by atoms with Gasteiger partial charge in [0.25, 0.3) is 5.91 Å². The number of pyridine rings is 2. The first-order valence-corrected chi connectivity index (χ1v) is 13.0. The lowest BCUT2D eigenvalue weighted by Crippen LogP contribution is -2.49. The van der Waals surface area contributed by atoms with E-state index in [9.17, 15) is 4.79 Å². The number of anilines is 2. The van der Waals surface area contributed by atoms with Gasteiger partial charge in [0.05, 0.1) is 5.56 Å². The summed E-state index contributed by atoms with van der Waals surface area (Å²) < 4.78 is 0. The number of terminal acetylenes is 2. The second kappa shape index (κ2) is 11.4. The topological polar surface area (TPSA) is 55.8 Å². The van der Waals surface area contributed by atoms with Crippen LogP contribution in [0.15, 0.2) is 54.7 Å². The molecule has 2 aliphatic heterocycles. The summed E-state index contributed by atoms with van der Waals surface area (Å²) in [5.41, 5.74) is 4.41. The molecule has 2 aliphatic rings. The van der Waals surface area contributed by atoms with E-state index in [-0.39, 0.29) is 5.91 Å². The lowest BCUT2D eigenvalue weighted by Gasteiger charge is -2.36. The highest BCUT2D eigenvalue weighted by Gasteiger charge is 2.25. The van der Waals surface area contributed by atoms with E-state index < -0.39 is 0 Å². The molecule has 2 aromatic heterocycles. The van der Waals surface area contributed by atoms with Crippen molar-refractivity contribution in [3.05, 3.63) is 82.7 Å². The molecule has 0 unspecified atom stereocenters. The fourth-order valence-electron chi connectivity index (χ4n) is 5.12. The van der Waals surface area contributed by atoms with Crippen LogP contribution in [0.25, 0.3) is 0 Å². The van der Waals surface area contributed by atoms with E-state index in [1.54, 1.807) is 6.20 Å². The average molecular weight is 505 g/mol. The van der Waals surface area contributed by atoms with Crippen molar-refractivity contribution in [3.63, 3.8) is 0 Å². The van der Waals surface area contributed by atoms with Crippen molar-refractivity contribution in [3.8, 4) is 24.7 Å². The molecular formula is C31H32N6O. The van der Waals surface area contributed by atoms with Gasteiger partial charge >= 0.3 is 0 Å². The first kappa shape index (κ1) is 25.3. The molecule has 5 rings (SSSR count). The van der Waals surface area contributed by atoms with Crippen molar-refractivity contribution in [2.24, 2.45) is 0 Å².